The van der Waals surface area contributed by atoms with Crippen molar-refractivity contribution in [2.45, 2.75) is 38.6 Å². The van der Waals surface area contributed by atoms with E-state index in [2.05, 4.69) is 27.1 Å². The molecule has 0 spiro atoms. The lowest BCUT2D eigenvalue weighted by Gasteiger charge is -2.32. The van der Waals surface area contributed by atoms with Crippen LogP contribution < -0.4 is 10.2 Å². The molecule has 1 fully saturated rings. The number of hydrogen-bond acceptors (Lipinski definition) is 4. The molecule has 0 bridgehead atoms. The average Bonchev–Trinajstić information content (AvgIpc) is 2.41. The summed E-state index contributed by atoms with van der Waals surface area (Å²) in [4.78, 5) is 10.9. The smallest absolute Gasteiger partial charge is 0.225 e. The Morgan fingerprint density at radius 2 is 2.00 bits per heavy atom. The second-order valence-corrected chi connectivity index (χ2v) is 4.62. The van der Waals surface area contributed by atoms with Gasteiger partial charge in [0.25, 0.3) is 0 Å². The molecule has 2 heterocycles. The first-order valence-electron chi connectivity index (χ1n) is 6.65. The summed E-state index contributed by atoms with van der Waals surface area (Å²) in [5, 5.41) is 3.63. The number of anilines is 1. The van der Waals surface area contributed by atoms with E-state index in [0.29, 0.717) is 6.04 Å². The van der Waals surface area contributed by atoms with E-state index in [1.54, 1.807) is 0 Å². The third-order valence-electron chi connectivity index (χ3n) is 3.29. The Labute approximate surface area is 103 Å². The first-order chi connectivity index (χ1) is 8.40. The predicted molar refractivity (Wildman–Crippen MR) is 70.2 cm³/mol. The van der Waals surface area contributed by atoms with Gasteiger partial charge in [-0.25, -0.2) is 9.97 Å². The highest BCUT2D eigenvalue weighted by Gasteiger charge is 2.19. The second kappa shape index (κ2) is 6.55. The SMILES string of the molecule is CCCCNC1CCN(c2ncccn2)CC1. The van der Waals surface area contributed by atoms with Crippen LogP contribution in [-0.4, -0.2) is 35.6 Å². The Hall–Kier alpha value is -1.16. The Balaban J connectivity index is 1.74. The molecule has 4 heteroatoms. The minimum atomic E-state index is 0.682. The molecule has 1 aromatic heterocycles. The summed E-state index contributed by atoms with van der Waals surface area (Å²) in [6.07, 6.45) is 8.57. The summed E-state index contributed by atoms with van der Waals surface area (Å²) in [6, 6.07) is 2.55. The molecule has 0 saturated carbocycles. The van der Waals surface area contributed by atoms with Crippen LogP contribution in [0.2, 0.25) is 0 Å². The zero-order chi connectivity index (χ0) is 11.9. The number of aromatic nitrogens is 2. The van der Waals surface area contributed by atoms with Crippen molar-refractivity contribution in [2.24, 2.45) is 0 Å². The van der Waals surface area contributed by atoms with Gasteiger partial charge in [-0.05, 0) is 31.9 Å². The van der Waals surface area contributed by atoms with Crippen LogP contribution in [0.4, 0.5) is 5.95 Å². The van der Waals surface area contributed by atoms with E-state index >= 15 is 0 Å². The average molecular weight is 234 g/mol. The van der Waals surface area contributed by atoms with Crippen molar-refractivity contribution >= 4 is 5.95 Å². The van der Waals surface area contributed by atoms with Gasteiger partial charge in [0.2, 0.25) is 5.95 Å². The molecule has 2 rings (SSSR count). The standard InChI is InChI=1S/C13H22N4/c1-2-3-7-14-12-5-10-17(11-6-12)13-15-8-4-9-16-13/h4,8-9,12,14H,2-3,5-7,10-11H2,1H3. The molecule has 1 aromatic rings. The summed E-state index contributed by atoms with van der Waals surface area (Å²) in [7, 11) is 0. The van der Waals surface area contributed by atoms with Crippen molar-refractivity contribution in [3.63, 3.8) is 0 Å². The van der Waals surface area contributed by atoms with Crippen LogP contribution in [0.1, 0.15) is 32.6 Å². The fourth-order valence-corrected chi connectivity index (χ4v) is 2.22. The third kappa shape index (κ3) is 3.66. The number of nitrogens with zero attached hydrogens (tertiary/aromatic N) is 3. The first kappa shape index (κ1) is 12.3. The minimum absolute atomic E-state index is 0.682. The highest BCUT2D eigenvalue weighted by atomic mass is 15.3. The summed E-state index contributed by atoms with van der Waals surface area (Å²) in [5.74, 6) is 0.875. The summed E-state index contributed by atoms with van der Waals surface area (Å²) < 4.78 is 0. The van der Waals surface area contributed by atoms with E-state index in [9.17, 15) is 0 Å². The molecule has 0 radical (unpaired) electrons. The lowest BCUT2D eigenvalue weighted by molar-refractivity contribution is 0.409. The van der Waals surface area contributed by atoms with Crippen LogP contribution in [0.3, 0.4) is 0 Å². The maximum atomic E-state index is 4.30. The molecule has 94 valence electrons. The fourth-order valence-electron chi connectivity index (χ4n) is 2.22. The lowest BCUT2D eigenvalue weighted by Crippen LogP contribution is -2.43. The molecule has 4 nitrogen and oxygen atoms in total. The van der Waals surface area contributed by atoms with Crippen molar-refractivity contribution in [1.29, 1.82) is 0 Å². The zero-order valence-electron chi connectivity index (χ0n) is 10.6. The van der Waals surface area contributed by atoms with Gasteiger partial charge in [0.05, 0.1) is 0 Å². The summed E-state index contributed by atoms with van der Waals surface area (Å²) in [6.45, 7) is 5.52. The fraction of sp³-hybridized carbons (Fsp3) is 0.692. The van der Waals surface area contributed by atoms with E-state index in [1.807, 2.05) is 18.5 Å². The van der Waals surface area contributed by atoms with Crippen molar-refractivity contribution in [1.82, 2.24) is 15.3 Å². The molecule has 1 aliphatic heterocycles. The van der Waals surface area contributed by atoms with Crippen LogP contribution in [0.5, 0.6) is 0 Å². The second-order valence-electron chi connectivity index (χ2n) is 4.62. The molecule has 1 aliphatic rings. The Kier molecular flexibility index (Phi) is 4.74. The van der Waals surface area contributed by atoms with Gasteiger partial charge in [-0.15, -0.1) is 0 Å². The van der Waals surface area contributed by atoms with E-state index in [4.69, 9.17) is 0 Å². The maximum Gasteiger partial charge on any atom is 0.225 e. The molecule has 17 heavy (non-hydrogen) atoms. The van der Waals surface area contributed by atoms with E-state index in [-0.39, 0.29) is 0 Å². The van der Waals surface area contributed by atoms with Gasteiger partial charge in [-0.3, -0.25) is 0 Å². The van der Waals surface area contributed by atoms with Gasteiger partial charge in [0, 0.05) is 31.5 Å². The quantitative estimate of drug-likeness (QED) is 0.789. The zero-order valence-corrected chi connectivity index (χ0v) is 10.6. The Morgan fingerprint density at radius 1 is 1.29 bits per heavy atom. The highest BCUT2D eigenvalue weighted by Crippen LogP contribution is 2.15. The van der Waals surface area contributed by atoms with E-state index < -0.39 is 0 Å². The topological polar surface area (TPSA) is 41.0 Å². The molecule has 1 N–H and O–H groups in total. The Morgan fingerprint density at radius 3 is 2.65 bits per heavy atom. The molecule has 0 aromatic carbocycles. The molecule has 0 aliphatic carbocycles. The van der Waals surface area contributed by atoms with Gasteiger partial charge in [-0.2, -0.15) is 0 Å². The molecule has 0 atom stereocenters. The molecular formula is C13H22N4. The number of hydrogen-bond donors (Lipinski definition) is 1. The largest absolute Gasteiger partial charge is 0.341 e. The number of nitrogens with one attached hydrogen (secondary N) is 1. The molecule has 0 unspecified atom stereocenters. The number of piperidine rings is 1. The van der Waals surface area contributed by atoms with Gasteiger partial charge < -0.3 is 10.2 Å². The van der Waals surface area contributed by atoms with E-state index in [1.165, 1.54) is 25.7 Å². The molecular weight excluding hydrogens is 212 g/mol. The van der Waals surface area contributed by atoms with Crippen LogP contribution in [0.25, 0.3) is 0 Å². The van der Waals surface area contributed by atoms with Crippen LogP contribution in [0, 0.1) is 0 Å². The van der Waals surface area contributed by atoms with Crippen molar-refractivity contribution in [3.8, 4) is 0 Å². The molecule has 0 amide bonds. The Bertz CT molecular complexity index is 306. The van der Waals surface area contributed by atoms with Gasteiger partial charge in [-0.1, -0.05) is 13.3 Å². The van der Waals surface area contributed by atoms with Gasteiger partial charge in [0.15, 0.2) is 0 Å². The van der Waals surface area contributed by atoms with Crippen LogP contribution in [0.15, 0.2) is 18.5 Å². The maximum absolute atomic E-state index is 4.30. The van der Waals surface area contributed by atoms with Gasteiger partial charge >= 0.3 is 0 Å². The van der Waals surface area contributed by atoms with Gasteiger partial charge in [0.1, 0.15) is 0 Å². The monoisotopic (exact) mass is 234 g/mol. The van der Waals surface area contributed by atoms with Crippen LogP contribution >= 0.6 is 0 Å². The summed E-state index contributed by atoms with van der Waals surface area (Å²) >= 11 is 0. The first-order valence-corrected chi connectivity index (χ1v) is 6.65. The number of rotatable bonds is 5. The molecule has 1 saturated heterocycles. The van der Waals surface area contributed by atoms with Crippen molar-refractivity contribution in [3.05, 3.63) is 18.5 Å². The van der Waals surface area contributed by atoms with E-state index in [0.717, 1.165) is 25.6 Å². The number of unbranched alkanes of at least 4 members (excludes halogenated alkanes) is 1. The third-order valence-corrected chi connectivity index (χ3v) is 3.29. The summed E-state index contributed by atoms with van der Waals surface area (Å²) in [5.41, 5.74) is 0. The normalized spacial score (nSPS) is 17.4. The predicted octanol–water partition coefficient (Wildman–Crippen LogP) is 1.84. The van der Waals surface area contributed by atoms with Crippen molar-refractivity contribution in [2.75, 3.05) is 24.5 Å². The van der Waals surface area contributed by atoms with Crippen molar-refractivity contribution < 1.29 is 0 Å². The van der Waals surface area contributed by atoms with Crippen LogP contribution in [-0.2, 0) is 0 Å². The lowest BCUT2D eigenvalue weighted by atomic mass is 10.1. The minimum Gasteiger partial charge on any atom is -0.341 e. The highest BCUT2D eigenvalue weighted by molar-refractivity contribution is 5.29.